The molecule has 0 N–H and O–H groups in total. The number of aromatic nitrogens is 1. The third-order valence-electron chi connectivity index (χ3n) is 5.61. The first-order valence-electron chi connectivity index (χ1n) is 9.47. The highest BCUT2D eigenvalue weighted by Crippen LogP contribution is 2.46. The molecule has 0 saturated heterocycles. The van der Waals surface area contributed by atoms with Crippen LogP contribution in [0.25, 0.3) is 10.8 Å². The van der Waals surface area contributed by atoms with E-state index in [2.05, 4.69) is 65.6 Å². The van der Waals surface area contributed by atoms with Crippen molar-refractivity contribution in [2.75, 3.05) is 7.11 Å². The van der Waals surface area contributed by atoms with Gasteiger partial charge in [0, 0.05) is 18.7 Å². The number of nitrogens with zero attached hydrogens (tertiary/aromatic N) is 1. The van der Waals surface area contributed by atoms with Crippen LogP contribution in [0.5, 0.6) is 5.75 Å². The minimum absolute atomic E-state index is 0.453. The van der Waals surface area contributed by atoms with Gasteiger partial charge in [0.2, 0.25) is 0 Å². The second kappa shape index (κ2) is 7.04. The smallest absolute Gasteiger partial charge is 0.145 e. The summed E-state index contributed by atoms with van der Waals surface area (Å²) in [5.74, 6) is 0.867. The van der Waals surface area contributed by atoms with Gasteiger partial charge in [0.1, 0.15) is 23.0 Å². The van der Waals surface area contributed by atoms with Crippen LogP contribution >= 0.6 is 11.3 Å². The van der Waals surface area contributed by atoms with Crippen molar-refractivity contribution in [1.29, 1.82) is 0 Å². The number of thiazole rings is 1. The molecule has 1 heterocycles. The van der Waals surface area contributed by atoms with E-state index in [1.54, 1.807) is 18.4 Å². The normalized spacial score (nSPS) is 18.3. The fraction of sp³-hybridized carbons (Fsp3) is 0.208. The minimum Gasteiger partial charge on any atom is -0.489 e. The monoisotopic (exact) mass is 387 g/mol. The summed E-state index contributed by atoms with van der Waals surface area (Å²) in [5, 5.41) is 5.51. The third kappa shape index (κ3) is 2.89. The van der Waals surface area contributed by atoms with Gasteiger partial charge in [-0.25, -0.2) is 4.98 Å². The second-order valence-electron chi connectivity index (χ2n) is 7.16. The predicted molar refractivity (Wildman–Crippen MR) is 113 cm³/mol. The lowest BCUT2D eigenvalue weighted by atomic mass is 9.96. The van der Waals surface area contributed by atoms with Crippen LogP contribution in [0.15, 0.2) is 72.2 Å². The van der Waals surface area contributed by atoms with Gasteiger partial charge in [-0.05, 0) is 58.5 Å². The summed E-state index contributed by atoms with van der Waals surface area (Å²) in [6.45, 7) is 0.543. The molecule has 1 atom stereocenters. The Kier molecular flexibility index (Phi) is 4.38. The molecule has 4 heteroatoms. The maximum atomic E-state index is 6.15. The van der Waals surface area contributed by atoms with Gasteiger partial charge < -0.3 is 9.47 Å². The molecule has 0 bridgehead atoms. The van der Waals surface area contributed by atoms with Gasteiger partial charge in [0.05, 0.1) is 0 Å². The highest BCUT2D eigenvalue weighted by molar-refractivity contribution is 7.09. The average Bonchev–Trinajstić information content (AvgIpc) is 3.40. The fourth-order valence-electron chi connectivity index (χ4n) is 4.12. The number of ether oxygens (including phenoxy) is 2. The summed E-state index contributed by atoms with van der Waals surface area (Å²) in [4.78, 5) is 4.55. The van der Waals surface area contributed by atoms with Crippen LogP contribution in [0.4, 0.5) is 0 Å². The van der Waals surface area contributed by atoms with E-state index < -0.39 is 5.60 Å². The molecule has 5 rings (SSSR count). The highest BCUT2D eigenvalue weighted by Gasteiger charge is 2.43. The number of hydrogen-bond acceptors (Lipinski definition) is 4. The summed E-state index contributed by atoms with van der Waals surface area (Å²) in [6, 6.07) is 21.2. The third-order valence-corrected chi connectivity index (χ3v) is 6.52. The molecule has 1 aliphatic carbocycles. The molecular weight excluding hydrogens is 366 g/mol. The molecule has 4 aromatic rings. The van der Waals surface area contributed by atoms with Gasteiger partial charge >= 0.3 is 0 Å². The van der Waals surface area contributed by atoms with Crippen molar-refractivity contribution in [3.8, 4) is 5.75 Å². The second-order valence-corrected chi connectivity index (χ2v) is 8.05. The summed E-state index contributed by atoms with van der Waals surface area (Å²) < 4.78 is 12.2. The van der Waals surface area contributed by atoms with Crippen LogP contribution in [0, 0.1) is 0 Å². The van der Waals surface area contributed by atoms with E-state index in [0.29, 0.717) is 6.61 Å². The van der Waals surface area contributed by atoms with E-state index in [-0.39, 0.29) is 0 Å². The lowest BCUT2D eigenvalue weighted by Crippen LogP contribution is -2.26. The number of benzene rings is 3. The first-order chi connectivity index (χ1) is 13.8. The maximum Gasteiger partial charge on any atom is 0.145 e. The Morgan fingerprint density at radius 2 is 1.93 bits per heavy atom. The summed E-state index contributed by atoms with van der Waals surface area (Å²) in [7, 11) is 1.78. The van der Waals surface area contributed by atoms with Crippen molar-refractivity contribution in [1.82, 2.24) is 4.98 Å². The quantitative estimate of drug-likeness (QED) is 0.439. The fourth-order valence-corrected chi connectivity index (χ4v) is 4.98. The number of fused-ring (bicyclic) bond motifs is 2. The molecule has 1 aliphatic rings. The molecule has 28 heavy (non-hydrogen) atoms. The first-order valence-corrected chi connectivity index (χ1v) is 10.4. The van der Waals surface area contributed by atoms with Crippen molar-refractivity contribution in [2.24, 2.45) is 0 Å². The number of rotatable bonds is 5. The molecule has 3 nitrogen and oxygen atoms in total. The van der Waals surface area contributed by atoms with E-state index in [4.69, 9.17) is 9.47 Å². The van der Waals surface area contributed by atoms with E-state index >= 15 is 0 Å². The van der Waals surface area contributed by atoms with E-state index in [9.17, 15) is 0 Å². The number of methoxy groups -OCH3 is 1. The maximum absolute atomic E-state index is 6.15. The van der Waals surface area contributed by atoms with Crippen molar-refractivity contribution in [3.63, 3.8) is 0 Å². The van der Waals surface area contributed by atoms with Crippen LogP contribution in [-0.4, -0.2) is 12.1 Å². The Morgan fingerprint density at radius 3 is 2.75 bits per heavy atom. The van der Waals surface area contributed by atoms with Crippen LogP contribution in [0.3, 0.4) is 0 Å². The molecule has 0 fully saturated rings. The van der Waals surface area contributed by atoms with Gasteiger partial charge in [-0.15, -0.1) is 11.3 Å². The van der Waals surface area contributed by atoms with Crippen molar-refractivity contribution >= 4 is 22.1 Å². The molecule has 0 aliphatic heterocycles. The zero-order valence-electron chi connectivity index (χ0n) is 15.7. The van der Waals surface area contributed by atoms with E-state index in [0.717, 1.165) is 29.2 Å². The SMILES string of the molecule is CO[C@]1(c2nccs2)CCc2ccc(OCc3ccc4ccccc4c3)cc21. The molecular formula is C24H21NO2S. The molecule has 0 amide bonds. The zero-order chi connectivity index (χ0) is 19.0. The zero-order valence-corrected chi connectivity index (χ0v) is 16.5. The molecule has 0 radical (unpaired) electrons. The molecule has 3 aromatic carbocycles. The Morgan fingerprint density at radius 1 is 1.04 bits per heavy atom. The first kappa shape index (κ1) is 17.4. The lowest BCUT2D eigenvalue weighted by Gasteiger charge is -2.27. The highest BCUT2D eigenvalue weighted by atomic mass is 32.1. The van der Waals surface area contributed by atoms with Crippen LogP contribution in [-0.2, 0) is 23.4 Å². The van der Waals surface area contributed by atoms with Crippen molar-refractivity contribution in [3.05, 3.63) is 93.9 Å². The molecule has 0 saturated carbocycles. The van der Waals surface area contributed by atoms with E-state index in [1.807, 2.05) is 11.6 Å². The van der Waals surface area contributed by atoms with Gasteiger partial charge in [-0.1, -0.05) is 42.5 Å². The number of aryl methyl sites for hydroxylation is 1. The number of hydrogen-bond donors (Lipinski definition) is 0. The Hall–Kier alpha value is -2.69. The molecule has 140 valence electrons. The Labute approximate surface area is 168 Å². The van der Waals surface area contributed by atoms with Crippen LogP contribution < -0.4 is 4.74 Å². The summed E-state index contributed by atoms with van der Waals surface area (Å²) >= 11 is 1.65. The Balaban J connectivity index is 1.42. The van der Waals surface area contributed by atoms with Crippen molar-refractivity contribution < 1.29 is 9.47 Å². The summed E-state index contributed by atoms with van der Waals surface area (Å²) in [6.07, 6.45) is 3.76. The lowest BCUT2D eigenvalue weighted by molar-refractivity contribution is 0.0234. The topological polar surface area (TPSA) is 31.4 Å². The average molecular weight is 388 g/mol. The predicted octanol–water partition coefficient (Wildman–Crippen LogP) is 5.71. The van der Waals surface area contributed by atoms with Gasteiger partial charge in [0.25, 0.3) is 0 Å². The molecule has 1 aromatic heterocycles. The van der Waals surface area contributed by atoms with Crippen molar-refractivity contribution in [2.45, 2.75) is 25.0 Å². The van der Waals surface area contributed by atoms with Gasteiger partial charge in [0.15, 0.2) is 0 Å². The largest absolute Gasteiger partial charge is 0.489 e. The minimum atomic E-state index is -0.453. The standard InChI is InChI=1S/C24H21NO2S/c1-26-24(23-25-12-13-28-23)11-10-19-8-9-21(15-22(19)24)27-16-17-6-7-18-4-2-3-5-20(18)14-17/h2-9,12-15H,10-11,16H2,1H3/t24-/m1/s1. The van der Waals surface area contributed by atoms with Gasteiger partial charge in [-0.3, -0.25) is 0 Å². The van der Waals surface area contributed by atoms with Crippen LogP contribution in [0.2, 0.25) is 0 Å². The molecule has 0 unspecified atom stereocenters. The van der Waals surface area contributed by atoms with E-state index in [1.165, 1.54) is 21.9 Å². The molecule has 0 spiro atoms. The van der Waals surface area contributed by atoms with Gasteiger partial charge in [-0.2, -0.15) is 0 Å². The Bertz CT molecular complexity index is 1120. The van der Waals surface area contributed by atoms with Crippen LogP contribution in [0.1, 0.15) is 28.1 Å². The summed E-state index contributed by atoms with van der Waals surface area (Å²) in [5.41, 5.74) is 3.21.